The summed E-state index contributed by atoms with van der Waals surface area (Å²) in [4.78, 5) is 35.7. The lowest BCUT2D eigenvalue weighted by Crippen LogP contribution is -2.44. The van der Waals surface area contributed by atoms with Crippen LogP contribution in [0.3, 0.4) is 0 Å². The van der Waals surface area contributed by atoms with Crippen LogP contribution in [0.5, 0.6) is 0 Å². The lowest BCUT2D eigenvalue weighted by atomic mass is 10.2. The highest BCUT2D eigenvalue weighted by atomic mass is 127. The molecule has 0 fully saturated rings. The van der Waals surface area contributed by atoms with E-state index < -0.39 is 30.1 Å². The van der Waals surface area contributed by atoms with Crippen LogP contribution in [0.25, 0.3) is 0 Å². The summed E-state index contributed by atoms with van der Waals surface area (Å²) in [6.45, 7) is 3.11. The molecule has 2 atom stereocenters. The fourth-order valence-electron chi connectivity index (χ4n) is 1.62. The third-order valence-corrected chi connectivity index (χ3v) is 3.60. The van der Waals surface area contributed by atoms with Crippen LogP contribution in [0, 0.1) is 3.57 Å². The number of hydrogen-bond acceptors (Lipinski definition) is 7. The minimum atomic E-state index is -1.96. The Hall–Kier alpha value is -1.68. The zero-order chi connectivity index (χ0) is 17.4. The van der Waals surface area contributed by atoms with Crippen molar-refractivity contribution in [1.82, 2.24) is 0 Å². The highest BCUT2D eigenvalue weighted by Gasteiger charge is 2.38. The molecule has 7 nitrogen and oxygen atoms in total. The number of benzene rings is 1. The average molecular weight is 436 g/mol. The number of carbonyl (C=O) groups is 3. The standard InChI is InChI=1S/C15H17IO7/c1-3-21-14(19)11(17)12(15(20)22-4-2)23-13(18)9-7-5-6-8-10(9)16/h5-8,11-12,17H,3-4H2,1-2H3/t11-,12?/m1/s1. The first-order valence-electron chi connectivity index (χ1n) is 6.89. The quantitative estimate of drug-likeness (QED) is 0.391. The molecule has 0 aliphatic carbocycles. The van der Waals surface area contributed by atoms with Gasteiger partial charge in [-0.2, -0.15) is 0 Å². The largest absolute Gasteiger partial charge is 0.464 e. The molecule has 1 N–H and O–H groups in total. The maximum atomic E-state index is 12.2. The van der Waals surface area contributed by atoms with Gasteiger partial charge in [0.25, 0.3) is 0 Å². The molecule has 0 amide bonds. The summed E-state index contributed by atoms with van der Waals surface area (Å²) in [6, 6.07) is 6.54. The number of hydrogen-bond donors (Lipinski definition) is 1. The van der Waals surface area contributed by atoms with Gasteiger partial charge in [0.05, 0.1) is 18.8 Å². The predicted molar refractivity (Wildman–Crippen MR) is 87.6 cm³/mol. The summed E-state index contributed by atoms with van der Waals surface area (Å²) < 4.78 is 15.0. The van der Waals surface area contributed by atoms with Gasteiger partial charge < -0.3 is 19.3 Å². The van der Waals surface area contributed by atoms with E-state index in [1.54, 1.807) is 32.0 Å². The molecule has 0 radical (unpaired) electrons. The first-order chi connectivity index (χ1) is 10.9. The highest BCUT2D eigenvalue weighted by molar-refractivity contribution is 14.1. The molecule has 126 valence electrons. The van der Waals surface area contributed by atoms with Crippen molar-refractivity contribution in [2.24, 2.45) is 0 Å². The molecular formula is C15H17IO7. The van der Waals surface area contributed by atoms with E-state index in [4.69, 9.17) is 9.47 Å². The molecule has 0 saturated heterocycles. The normalized spacial score (nSPS) is 12.9. The van der Waals surface area contributed by atoms with E-state index in [0.717, 1.165) is 0 Å². The lowest BCUT2D eigenvalue weighted by Gasteiger charge is -2.20. The first kappa shape index (κ1) is 19.4. The van der Waals surface area contributed by atoms with Crippen LogP contribution < -0.4 is 0 Å². The molecule has 0 saturated carbocycles. The maximum Gasteiger partial charge on any atom is 0.350 e. The summed E-state index contributed by atoms with van der Waals surface area (Å²) in [5, 5.41) is 9.92. The van der Waals surface area contributed by atoms with Gasteiger partial charge in [-0.05, 0) is 48.6 Å². The van der Waals surface area contributed by atoms with Crippen LogP contribution in [0.2, 0.25) is 0 Å². The minimum Gasteiger partial charge on any atom is -0.464 e. The molecule has 1 aromatic carbocycles. The van der Waals surface area contributed by atoms with Gasteiger partial charge in [-0.25, -0.2) is 14.4 Å². The SMILES string of the molecule is CCOC(=O)C(OC(=O)c1ccccc1I)[C@@H](O)C(=O)OCC. The number of esters is 3. The second-order valence-corrected chi connectivity index (χ2v) is 5.42. The summed E-state index contributed by atoms with van der Waals surface area (Å²) in [6.07, 6.45) is -3.75. The van der Waals surface area contributed by atoms with Crippen molar-refractivity contribution in [3.63, 3.8) is 0 Å². The van der Waals surface area contributed by atoms with E-state index in [-0.39, 0.29) is 18.8 Å². The number of carbonyl (C=O) groups excluding carboxylic acids is 3. The molecular weight excluding hydrogens is 419 g/mol. The van der Waals surface area contributed by atoms with E-state index >= 15 is 0 Å². The number of rotatable bonds is 7. The lowest BCUT2D eigenvalue weighted by molar-refractivity contribution is -0.172. The van der Waals surface area contributed by atoms with Gasteiger partial charge in [0.2, 0.25) is 6.10 Å². The molecule has 23 heavy (non-hydrogen) atoms. The Bertz CT molecular complexity index is 573. The molecule has 0 heterocycles. The summed E-state index contributed by atoms with van der Waals surface area (Å²) in [7, 11) is 0. The average Bonchev–Trinajstić information content (AvgIpc) is 2.52. The highest BCUT2D eigenvalue weighted by Crippen LogP contribution is 2.15. The van der Waals surface area contributed by atoms with Crippen LogP contribution >= 0.6 is 22.6 Å². The van der Waals surface area contributed by atoms with Crippen molar-refractivity contribution < 1.29 is 33.7 Å². The fourth-order valence-corrected chi connectivity index (χ4v) is 2.23. The summed E-state index contributed by atoms with van der Waals surface area (Å²) in [5.74, 6) is -2.94. The molecule has 0 spiro atoms. The van der Waals surface area contributed by atoms with E-state index in [1.807, 2.05) is 22.6 Å². The Kier molecular flexibility index (Phi) is 7.96. The molecule has 1 unspecified atom stereocenters. The van der Waals surface area contributed by atoms with E-state index in [9.17, 15) is 19.5 Å². The van der Waals surface area contributed by atoms with E-state index in [2.05, 4.69) is 4.74 Å². The fraction of sp³-hybridized carbons (Fsp3) is 0.400. The molecule has 8 heteroatoms. The van der Waals surface area contributed by atoms with E-state index in [1.165, 1.54) is 6.07 Å². The van der Waals surface area contributed by atoms with Crippen molar-refractivity contribution in [3.05, 3.63) is 33.4 Å². The summed E-state index contributed by atoms with van der Waals surface area (Å²) >= 11 is 1.93. The van der Waals surface area contributed by atoms with Crippen molar-refractivity contribution in [2.45, 2.75) is 26.1 Å². The van der Waals surface area contributed by atoms with Gasteiger partial charge in [0.15, 0.2) is 6.10 Å². The van der Waals surface area contributed by atoms with Crippen molar-refractivity contribution in [1.29, 1.82) is 0 Å². The van der Waals surface area contributed by atoms with Crippen LogP contribution in [0.4, 0.5) is 0 Å². The van der Waals surface area contributed by atoms with Crippen LogP contribution in [0.1, 0.15) is 24.2 Å². The van der Waals surface area contributed by atoms with Gasteiger partial charge in [-0.15, -0.1) is 0 Å². The molecule has 0 aliphatic heterocycles. The second-order valence-electron chi connectivity index (χ2n) is 4.25. The molecule has 1 aromatic rings. The third kappa shape index (κ3) is 5.47. The Morgan fingerprint density at radius 3 is 2.22 bits per heavy atom. The zero-order valence-corrected chi connectivity index (χ0v) is 14.8. The molecule has 0 aliphatic rings. The zero-order valence-electron chi connectivity index (χ0n) is 12.7. The van der Waals surface area contributed by atoms with Crippen molar-refractivity contribution in [2.75, 3.05) is 13.2 Å². The maximum absolute atomic E-state index is 12.2. The Morgan fingerprint density at radius 1 is 1.09 bits per heavy atom. The van der Waals surface area contributed by atoms with Gasteiger partial charge in [-0.3, -0.25) is 0 Å². The molecule has 1 rings (SSSR count). The Morgan fingerprint density at radius 2 is 1.65 bits per heavy atom. The Labute approximate surface area is 147 Å². The first-order valence-corrected chi connectivity index (χ1v) is 7.97. The Balaban J connectivity index is 2.96. The van der Waals surface area contributed by atoms with Gasteiger partial charge in [0, 0.05) is 3.57 Å². The van der Waals surface area contributed by atoms with Gasteiger partial charge in [-0.1, -0.05) is 12.1 Å². The minimum absolute atomic E-state index is 0.00526. The monoisotopic (exact) mass is 436 g/mol. The van der Waals surface area contributed by atoms with Crippen LogP contribution in [0.15, 0.2) is 24.3 Å². The smallest absolute Gasteiger partial charge is 0.350 e. The van der Waals surface area contributed by atoms with Crippen molar-refractivity contribution in [3.8, 4) is 0 Å². The van der Waals surface area contributed by atoms with Gasteiger partial charge in [0.1, 0.15) is 0 Å². The topological polar surface area (TPSA) is 99.1 Å². The third-order valence-electron chi connectivity index (χ3n) is 2.66. The van der Waals surface area contributed by atoms with Crippen LogP contribution in [-0.4, -0.2) is 48.4 Å². The molecule has 0 aromatic heterocycles. The predicted octanol–water partition coefficient (Wildman–Crippen LogP) is 1.30. The molecule has 0 bridgehead atoms. The van der Waals surface area contributed by atoms with E-state index in [0.29, 0.717) is 3.57 Å². The number of aliphatic hydroxyl groups is 1. The summed E-state index contributed by atoms with van der Waals surface area (Å²) in [5.41, 5.74) is 0.207. The number of aliphatic hydroxyl groups excluding tert-OH is 1. The number of halogens is 1. The van der Waals surface area contributed by atoms with Gasteiger partial charge >= 0.3 is 17.9 Å². The van der Waals surface area contributed by atoms with Crippen molar-refractivity contribution >= 4 is 40.5 Å². The second kappa shape index (κ2) is 9.46. The number of ether oxygens (including phenoxy) is 3. The van der Waals surface area contributed by atoms with Crippen LogP contribution in [-0.2, 0) is 23.8 Å².